The second-order valence-corrected chi connectivity index (χ2v) is 4.44. The van der Waals surface area contributed by atoms with Crippen molar-refractivity contribution >= 4 is 17.6 Å². The zero-order valence-corrected chi connectivity index (χ0v) is 10.8. The van der Waals surface area contributed by atoms with E-state index in [9.17, 15) is 18.4 Å². The first-order chi connectivity index (χ1) is 9.52. The number of rotatable bonds is 3. The van der Waals surface area contributed by atoms with Gasteiger partial charge in [0.1, 0.15) is 6.17 Å². The van der Waals surface area contributed by atoms with Gasteiger partial charge in [-0.3, -0.25) is 4.79 Å². The Hall–Kier alpha value is -2.02. The van der Waals surface area contributed by atoms with E-state index in [0.29, 0.717) is 0 Å². The number of nitrogens with one attached hydrogen (secondary N) is 2. The Labute approximate surface area is 114 Å². The molecule has 7 heteroatoms. The van der Waals surface area contributed by atoms with Crippen LogP contribution in [0.15, 0.2) is 18.2 Å². The molecule has 20 heavy (non-hydrogen) atoms. The smallest absolute Gasteiger partial charge is 0.340 e. The van der Waals surface area contributed by atoms with Crippen molar-refractivity contribution in [3.05, 3.63) is 29.6 Å². The molecule has 0 radical (unpaired) electrons. The van der Waals surface area contributed by atoms with Crippen LogP contribution in [-0.4, -0.2) is 37.7 Å². The first-order valence-corrected chi connectivity index (χ1v) is 6.08. The van der Waals surface area contributed by atoms with Crippen LogP contribution < -0.4 is 10.6 Å². The van der Waals surface area contributed by atoms with Crippen molar-refractivity contribution in [3.63, 3.8) is 0 Å². The highest BCUT2D eigenvalue weighted by molar-refractivity contribution is 5.97. The number of hydrogen-bond acceptors (Lipinski definition) is 4. The van der Waals surface area contributed by atoms with E-state index in [0.717, 1.165) is 7.11 Å². The average molecular weight is 284 g/mol. The number of anilines is 1. The topological polar surface area (TPSA) is 67.4 Å². The molecule has 1 fully saturated rings. The number of carbonyl (C=O) groups is 2. The zero-order chi connectivity index (χ0) is 14.7. The molecule has 1 amide bonds. The van der Waals surface area contributed by atoms with Crippen LogP contribution in [0.1, 0.15) is 16.8 Å². The molecule has 1 aliphatic rings. The van der Waals surface area contributed by atoms with Gasteiger partial charge in [-0.15, -0.1) is 0 Å². The van der Waals surface area contributed by atoms with Gasteiger partial charge in [0, 0.05) is 13.0 Å². The van der Waals surface area contributed by atoms with E-state index in [4.69, 9.17) is 0 Å². The lowest BCUT2D eigenvalue weighted by atomic mass is 10.1. The molecule has 0 saturated carbocycles. The third-order valence-corrected chi connectivity index (χ3v) is 3.06. The van der Waals surface area contributed by atoms with Crippen LogP contribution in [0, 0.1) is 5.82 Å². The van der Waals surface area contributed by atoms with Crippen LogP contribution >= 0.6 is 0 Å². The van der Waals surface area contributed by atoms with Gasteiger partial charge in [-0.05, 0) is 12.1 Å². The molecule has 1 heterocycles. The van der Waals surface area contributed by atoms with E-state index < -0.39 is 29.9 Å². The predicted molar refractivity (Wildman–Crippen MR) is 67.7 cm³/mol. The van der Waals surface area contributed by atoms with Crippen molar-refractivity contribution in [1.82, 2.24) is 5.32 Å². The van der Waals surface area contributed by atoms with Gasteiger partial charge in [-0.1, -0.05) is 6.07 Å². The van der Waals surface area contributed by atoms with Crippen molar-refractivity contribution < 1.29 is 23.1 Å². The van der Waals surface area contributed by atoms with E-state index in [1.54, 1.807) is 0 Å². The monoisotopic (exact) mass is 284 g/mol. The highest BCUT2D eigenvalue weighted by Crippen LogP contribution is 2.20. The lowest BCUT2D eigenvalue weighted by Crippen LogP contribution is -2.35. The number of alkyl halides is 1. The zero-order valence-electron chi connectivity index (χ0n) is 10.8. The molecule has 1 aromatic rings. The molecule has 0 bridgehead atoms. The van der Waals surface area contributed by atoms with E-state index in [1.165, 1.54) is 18.2 Å². The second kappa shape index (κ2) is 5.96. The van der Waals surface area contributed by atoms with Crippen LogP contribution in [-0.2, 0) is 9.53 Å². The van der Waals surface area contributed by atoms with Crippen molar-refractivity contribution in [3.8, 4) is 0 Å². The first-order valence-electron chi connectivity index (χ1n) is 6.08. The fraction of sp³-hybridized carbons (Fsp3) is 0.385. The first kappa shape index (κ1) is 14.4. The maximum atomic E-state index is 14.0. The Balaban J connectivity index is 2.13. The Bertz CT molecular complexity index is 536. The van der Waals surface area contributed by atoms with E-state index in [-0.39, 0.29) is 24.2 Å². The molecule has 2 N–H and O–H groups in total. The number of methoxy groups -OCH3 is 1. The Morgan fingerprint density at radius 2 is 2.20 bits per heavy atom. The van der Waals surface area contributed by atoms with Crippen molar-refractivity contribution in [2.75, 3.05) is 19.0 Å². The highest BCUT2D eigenvalue weighted by Gasteiger charge is 2.29. The van der Waals surface area contributed by atoms with Gasteiger partial charge >= 0.3 is 5.97 Å². The molecular formula is C13H14F2N2O3. The standard InChI is InChI=1S/C13H14F2N2O3/c1-20-13(19)8-3-2-4-9(11(8)15)17-12(18)10-5-7(14)6-16-10/h2-4,7,10,16H,5-6H2,1H3,(H,17,18)/t7-,10+/m1/s1. The van der Waals surface area contributed by atoms with Gasteiger partial charge in [-0.25, -0.2) is 13.6 Å². The number of halogens is 2. The van der Waals surface area contributed by atoms with Gasteiger partial charge in [0.05, 0.1) is 24.4 Å². The maximum Gasteiger partial charge on any atom is 0.340 e. The van der Waals surface area contributed by atoms with Crippen LogP contribution in [0.5, 0.6) is 0 Å². The molecule has 1 saturated heterocycles. The number of carbonyl (C=O) groups excluding carboxylic acids is 2. The normalized spacial score (nSPS) is 21.6. The lowest BCUT2D eigenvalue weighted by molar-refractivity contribution is -0.117. The molecule has 0 spiro atoms. The van der Waals surface area contributed by atoms with Gasteiger partial charge in [0.25, 0.3) is 0 Å². The van der Waals surface area contributed by atoms with Crippen LogP contribution in [0.4, 0.5) is 14.5 Å². The van der Waals surface area contributed by atoms with Crippen molar-refractivity contribution in [1.29, 1.82) is 0 Å². The minimum absolute atomic E-state index is 0.0458. The molecular weight excluding hydrogens is 270 g/mol. The average Bonchev–Trinajstić information content (AvgIpc) is 2.87. The maximum absolute atomic E-state index is 14.0. The fourth-order valence-electron chi connectivity index (χ4n) is 2.01. The largest absolute Gasteiger partial charge is 0.465 e. The summed E-state index contributed by atoms with van der Waals surface area (Å²) in [5.41, 5.74) is -0.407. The van der Waals surface area contributed by atoms with Crippen LogP contribution in [0.2, 0.25) is 0 Å². The summed E-state index contributed by atoms with van der Waals surface area (Å²) >= 11 is 0. The predicted octanol–water partition coefficient (Wildman–Crippen LogP) is 1.25. The molecule has 1 aliphatic heterocycles. The molecule has 108 valence electrons. The minimum atomic E-state index is -1.09. The number of hydrogen-bond donors (Lipinski definition) is 2. The molecule has 2 atom stereocenters. The molecule has 0 unspecified atom stereocenters. The Morgan fingerprint density at radius 1 is 1.45 bits per heavy atom. The summed E-state index contributed by atoms with van der Waals surface area (Å²) in [5, 5.41) is 5.03. The molecule has 0 aromatic heterocycles. The number of amides is 1. The third kappa shape index (κ3) is 2.93. The number of esters is 1. The lowest BCUT2D eigenvalue weighted by Gasteiger charge is -2.12. The van der Waals surface area contributed by atoms with E-state index >= 15 is 0 Å². The summed E-state index contributed by atoms with van der Waals surface area (Å²) in [4.78, 5) is 23.2. The SMILES string of the molecule is COC(=O)c1cccc(NC(=O)[C@@H]2C[C@@H](F)CN2)c1F. The molecule has 1 aromatic carbocycles. The van der Waals surface area contributed by atoms with Gasteiger partial charge < -0.3 is 15.4 Å². The fourth-order valence-corrected chi connectivity index (χ4v) is 2.01. The highest BCUT2D eigenvalue weighted by atomic mass is 19.1. The molecule has 2 rings (SSSR count). The summed E-state index contributed by atoms with van der Waals surface area (Å²) in [6, 6.07) is 3.29. The van der Waals surface area contributed by atoms with Gasteiger partial charge in [-0.2, -0.15) is 0 Å². The third-order valence-electron chi connectivity index (χ3n) is 3.06. The quantitative estimate of drug-likeness (QED) is 0.820. The van der Waals surface area contributed by atoms with Gasteiger partial charge in [0.15, 0.2) is 5.82 Å². The second-order valence-electron chi connectivity index (χ2n) is 4.44. The summed E-state index contributed by atoms with van der Waals surface area (Å²) in [7, 11) is 1.14. The Morgan fingerprint density at radius 3 is 2.80 bits per heavy atom. The summed E-state index contributed by atoms with van der Waals surface area (Å²) in [6.45, 7) is 0.1000. The Kier molecular flexibility index (Phi) is 4.29. The van der Waals surface area contributed by atoms with Crippen LogP contribution in [0.25, 0.3) is 0 Å². The van der Waals surface area contributed by atoms with Crippen LogP contribution in [0.3, 0.4) is 0 Å². The van der Waals surface area contributed by atoms with Crippen molar-refractivity contribution in [2.24, 2.45) is 0 Å². The van der Waals surface area contributed by atoms with Crippen molar-refractivity contribution in [2.45, 2.75) is 18.6 Å². The van der Waals surface area contributed by atoms with E-state index in [1.807, 2.05) is 0 Å². The van der Waals surface area contributed by atoms with E-state index in [2.05, 4.69) is 15.4 Å². The number of ether oxygens (including phenoxy) is 1. The minimum Gasteiger partial charge on any atom is -0.465 e. The summed E-state index contributed by atoms with van der Waals surface area (Å²) < 4.78 is 31.5. The van der Waals surface area contributed by atoms with Gasteiger partial charge in [0.2, 0.25) is 5.91 Å². The summed E-state index contributed by atoms with van der Waals surface area (Å²) in [6.07, 6.45) is -1.04. The number of benzene rings is 1. The molecule has 0 aliphatic carbocycles. The molecule has 5 nitrogen and oxygen atoms in total. The summed E-state index contributed by atoms with van der Waals surface area (Å²) in [5.74, 6) is -2.24.